The number of nitrogens with one attached hydrogen (secondary N) is 1. The SMILES string of the molecule is COc1ccc(C)c(Nc2cc(C)nc3ccsc23)c1C. The molecule has 2 aromatic heterocycles. The van der Waals surface area contributed by atoms with Gasteiger partial charge in [0.15, 0.2) is 0 Å². The molecule has 0 fully saturated rings. The highest BCUT2D eigenvalue weighted by Crippen LogP contribution is 2.35. The lowest BCUT2D eigenvalue weighted by Crippen LogP contribution is -1.99. The first-order valence-electron chi connectivity index (χ1n) is 6.86. The average molecular weight is 298 g/mol. The molecule has 1 aromatic carbocycles. The van der Waals surface area contributed by atoms with Crippen LogP contribution < -0.4 is 10.1 Å². The maximum Gasteiger partial charge on any atom is 0.123 e. The fourth-order valence-electron chi connectivity index (χ4n) is 2.56. The molecule has 0 spiro atoms. The molecule has 2 heterocycles. The first kappa shape index (κ1) is 13.9. The molecular formula is C17H18N2OS. The Balaban J connectivity index is 2.13. The zero-order valence-electron chi connectivity index (χ0n) is 12.7. The van der Waals surface area contributed by atoms with E-state index in [0.29, 0.717) is 0 Å². The highest BCUT2D eigenvalue weighted by Gasteiger charge is 2.11. The van der Waals surface area contributed by atoms with Crippen LogP contribution in [0.2, 0.25) is 0 Å². The number of aryl methyl sites for hydroxylation is 2. The Morgan fingerprint density at radius 3 is 2.71 bits per heavy atom. The van der Waals surface area contributed by atoms with Gasteiger partial charge in [-0.3, -0.25) is 4.98 Å². The maximum atomic E-state index is 5.42. The summed E-state index contributed by atoms with van der Waals surface area (Å²) in [6.45, 7) is 6.20. The Kier molecular flexibility index (Phi) is 3.55. The lowest BCUT2D eigenvalue weighted by atomic mass is 10.1. The standard InChI is InChI=1S/C17H18N2OS/c1-10-5-6-15(20-4)12(3)16(10)19-14-9-11(2)18-13-7-8-21-17(13)14/h5-9H,1-4H3,(H,18,19). The quantitative estimate of drug-likeness (QED) is 0.741. The summed E-state index contributed by atoms with van der Waals surface area (Å²) in [5.41, 5.74) is 6.59. The van der Waals surface area contributed by atoms with Crippen molar-refractivity contribution >= 4 is 32.9 Å². The van der Waals surface area contributed by atoms with Crippen LogP contribution in [-0.4, -0.2) is 12.1 Å². The Bertz CT molecular complexity index is 808. The number of methoxy groups -OCH3 is 1. The third-order valence-corrected chi connectivity index (χ3v) is 4.58. The fourth-order valence-corrected chi connectivity index (χ4v) is 3.36. The third-order valence-electron chi connectivity index (χ3n) is 3.64. The predicted molar refractivity (Wildman–Crippen MR) is 90.1 cm³/mol. The molecule has 1 N–H and O–H groups in total. The third kappa shape index (κ3) is 2.47. The summed E-state index contributed by atoms with van der Waals surface area (Å²) in [4.78, 5) is 4.56. The molecular weight excluding hydrogens is 280 g/mol. The van der Waals surface area contributed by atoms with Crippen LogP contribution in [0.15, 0.2) is 29.6 Å². The number of benzene rings is 1. The van der Waals surface area contributed by atoms with E-state index in [0.717, 1.165) is 33.9 Å². The van der Waals surface area contributed by atoms with E-state index in [-0.39, 0.29) is 0 Å². The summed E-state index contributed by atoms with van der Waals surface area (Å²) in [6.07, 6.45) is 0. The van der Waals surface area contributed by atoms with Crippen molar-refractivity contribution in [2.45, 2.75) is 20.8 Å². The van der Waals surface area contributed by atoms with Gasteiger partial charge in [0.2, 0.25) is 0 Å². The van der Waals surface area contributed by atoms with Crippen molar-refractivity contribution in [3.63, 3.8) is 0 Å². The first-order chi connectivity index (χ1) is 10.1. The fraction of sp³-hybridized carbons (Fsp3) is 0.235. The molecule has 0 aliphatic heterocycles. The van der Waals surface area contributed by atoms with Crippen LogP contribution >= 0.6 is 11.3 Å². The Morgan fingerprint density at radius 2 is 1.95 bits per heavy atom. The number of thiophene rings is 1. The highest BCUT2D eigenvalue weighted by molar-refractivity contribution is 7.17. The molecule has 3 rings (SSSR count). The minimum atomic E-state index is 0.899. The topological polar surface area (TPSA) is 34.1 Å². The van der Waals surface area contributed by atoms with Gasteiger partial charge < -0.3 is 10.1 Å². The van der Waals surface area contributed by atoms with Crippen molar-refractivity contribution in [1.82, 2.24) is 4.98 Å². The van der Waals surface area contributed by atoms with E-state index < -0.39 is 0 Å². The predicted octanol–water partition coefficient (Wildman–Crippen LogP) is 4.97. The number of hydrogen-bond acceptors (Lipinski definition) is 4. The number of aromatic nitrogens is 1. The molecule has 0 saturated heterocycles. The summed E-state index contributed by atoms with van der Waals surface area (Å²) < 4.78 is 6.61. The maximum absolute atomic E-state index is 5.42. The number of nitrogens with zero attached hydrogens (tertiary/aromatic N) is 1. The van der Waals surface area contributed by atoms with Crippen LogP contribution in [0.4, 0.5) is 11.4 Å². The molecule has 21 heavy (non-hydrogen) atoms. The van der Waals surface area contributed by atoms with Gasteiger partial charge in [-0.05, 0) is 49.9 Å². The van der Waals surface area contributed by atoms with Crippen LogP contribution in [0.3, 0.4) is 0 Å². The van der Waals surface area contributed by atoms with Crippen molar-refractivity contribution in [3.8, 4) is 5.75 Å². The first-order valence-corrected chi connectivity index (χ1v) is 7.74. The molecule has 0 bridgehead atoms. The summed E-state index contributed by atoms with van der Waals surface area (Å²) in [6, 6.07) is 8.24. The number of anilines is 2. The van der Waals surface area contributed by atoms with Gasteiger partial charge >= 0.3 is 0 Å². The van der Waals surface area contributed by atoms with Crippen LogP contribution in [0.1, 0.15) is 16.8 Å². The number of pyridine rings is 1. The lowest BCUT2D eigenvalue weighted by Gasteiger charge is -2.16. The normalized spacial score (nSPS) is 10.9. The number of hydrogen-bond donors (Lipinski definition) is 1. The smallest absolute Gasteiger partial charge is 0.123 e. The number of fused-ring (bicyclic) bond motifs is 1. The van der Waals surface area contributed by atoms with E-state index in [2.05, 4.69) is 47.7 Å². The van der Waals surface area contributed by atoms with Crippen molar-refractivity contribution in [1.29, 1.82) is 0 Å². The summed E-state index contributed by atoms with van der Waals surface area (Å²) >= 11 is 1.71. The minimum Gasteiger partial charge on any atom is -0.496 e. The van der Waals surface area contributed by atoms with Gasteiger partial charge in [-0.1, -0.05) is 6.07 Å². The van der Waals surface area contributed by atoms with Crippen molar-refractivity contribution in [3.05, 3.63) is 46.5 Å². The molecule has 0 unspecified atom stereocenters. The van der Waals surface area contributed by atoms with E-state index in [1.165, 1.54) is 10.3 Å². The molecule has 0 amide bonds. The van der Waals surface area contributed by atoms with Gasteiger partial charge in [0.1, 0.15) is 5.75 Å². The Hall–Kier alpha value is -2.07. The van der Waals surface area contributed by atoms with E-state index in [4.69, 9.17) is 4.74 Å². The van der Waals surface area contributed by atoms with Crippen LogP contribution in [0, 0.1) is 20.8 Å². The van der Waals surface area contributed by atoms with Crippen LogP contribution in [0.25, 0.3) is 10.2 Å². The average Bonchev–Trinajstić information content (AvgIpc) is 2.91. The molecule has 0 radical (unpaired) electrons. The second-order valence-corrected chi connectivity index (χ2v) is 6.07. The second kappa shape index (κ2) is 5.37. The van der Waals surface area contributed by atoms with Gasteiger partial charge in [-0.25, -0.2) is 0 Å². The molecule has 3 nitrogen and oxygen atoms in total. The summed E-state index contributed by atoms with van der Waals surface area (Å²) in [5, 5.41) is 5.65. The Morgan fingerprint density at radius 1 is 1.14 bits per heavy atom. The van der Waals surface area contributed by atoms with E-state index in [1.807, 2.05) is 13.0 Å². The number of rotatable bonds is 3. The molecule has 0 aliphatic rings. The zero-order chi connectivity index (χ0) is 15.0. The van der Waals surface area contributed by atoms with Gasteiger partial charge in [-0.2, -0.15) is 0 Å². The molecule has 0 aliphatic carbocycles. The Labute approximate surface area is 128 Å². The highest BCUT2D eigenvalue weighted by atomic mass is 32.1. The van der Waals surface area contributed by atoms with Gasteiger partial charge in [0, 0.05) is 16.9 Å². The largest absolute Gasteiger partial charge is 0.496 e. The molecule has 3 aromatic rings. The van der Waals surface area contributed by atoms with E-state index in [9.17, 15) is 0 Å². The number of ether oxygens (including phenoxy) is 1. The van der Waals surface area contributed by atoms with Crippen LogP contribution in [-0.2, 0) is 0 Å². The van der Waals surface area contributed by atoms with Gasteiger partial charge in [0.05, 0.1) is 23.0 Å². The monoisotopic (exact) mass is 298 g/mol. The molecule has 4 heteroatoms. The molecule has 0 atom stereocenters. The van der Waals surface area contributed by atoms with Crippen LogP contribution in [0.5, 0.6) is 5.75 Å². The molecule has 108 valence electrons. The molecule has 0 saturated carbocycles. The van der Waals surface area contributed by atoms with Crippen molar-refractivity contribution in [2.24, 2.45) is 0 Å². The zero-order valence-corrected chi connectivity index (χ0v) is 13.5. The second-order valence-electron chi connectivity index (χ2n) is 5.16. The lowest BCUT2D eigenvalue weighted by molar-refractivity contribution is 0.412. The van der Waals surface area contributed by atoms with Gasteiger partial charge in [0.25, 0.3) is 0 Å². The summed E-state index contributed by atoms with van der Waals surface area (Å²) in [5.74, 6) is 0.899. The minimum absolute atomic E-state index is 0.899. The van der Waals surface area contributed by atoms with Crippen molar-refractivity contribution < 1.29 is 4.74 Å². The van der Waals surface area contributed by atoms with E-state index >= 15 is 0 Å². The summed E-state index contributed by atoms with van der Waals surface area (Å²) in [7, 11) is 1.70. The van der Waals surface area contributed by atoms with E-state index in [1.54, 1.807) is 18.4 Å². The van der Waals surface area contributed by atoms with Crippen molar-refractivity contribution in [2.75, 3.05) is 12.4 Å². The van der Waals surface area contributed by atoms with Gasteiger partial charge in [-0.15, -0.1) is 11.3 Å².